The average Bonchev–Trinajstić information content (AvgIpc) is 3.50. The van der Waals surface area contributed by atoms with Crippen LogP contribution in [0.2, 0.25) is 0 Å². The maximum Gasteiger partial charge on any atom is 0.224 e. The summed E-state index contributed by atoms with van der Waals surface area (Å²) in [5, 5.41) is 24.5. The van der Waals surface area contributed by atoms with Gasteiger partial charge in [-0.15, -0.1) is 10.2 Å². The van der Waals surface area contributed by atoms with Gasteiger partial charge >= 0.3 is 0 Å². The number of rotatable bonds is 14. The van der Waals surface area contributed by atoms with E-state index >= 15 is 0 Å². The number of unbranched alkanes of at least 4 members (excludes halogenated alkanes) is 1. The normalized spacial score (nSPS) is 17.8. The van der Waals surface area contributed by atoms with E-state index in [9.17, 15) is 14.7 Å². The SMILES string of the molecule is Cc1nnc(SCC2CC(c3ccc(CO)cc3)OC(c3ccc(CNC(=O)CCCCC(=O)Nc4ccccc4N)cc3)O2)s1. The lowest BCUT2D eigenvalue weighted by Crippen LogP contribution is -2.31. The third-order valence-electron chi connectivity index (χ3n) is 7.55. The number of thioether (sulfide) groups is 1. The van der Waals surface area contributed by atoms with Gasteiger partial charge in [0.15, 0.2) is 10.6 Å². The summed E-state index contributed by atoms with van der Waals surface area (Å²) >= 11 is 3.21. The molecule has 0 aliphatic carbocycles. The lowest BCUT2D eigenvalue weighted by atomic mass is 10.0. The number of nitrogens with two attached hydrogens (primary N) is 1. The van der Waals surface area contributed by atoms with E-state index in [1.54, 1.807) is 35.2 Å². The highest BCUT2D eigenvalue weighted by Crippen LogP contribution is 2.39. The largest absolute Gasteiger partial charge is 0.397 e. The summed E-state index contributed by atoms with van der Waals surface area (Å²) < 4.78 is 13.8. The van der Waals surface area contributed by atoms with Crippen molar-refractivity contribution in [3.05, 3.63) is 100 Å². The number of para-hydroxylation sites is 2. The van der Waals surface area contributed by atoms with Crippen LogP contribution in [0.15, 0.2) is 77.1 Å². The van der Waals surface area contributed by atoms with Gasteiger partial charge in [-0.1, -0.05) is 83.8 Å². The minimum atomic E-state index is -0.558. The molecule has 0 bridgehead atoms. The van der Waals surface area contributed by atoms with E-state index in [1.807, 2.05) is 67.6 Å². The monoisotopic (exact) mass is 661 g/mol. The summed E-state index contributed by atoms with van der Waals surface area (Å²) in [6, 6.07) is 22.8. The van der Waals surface area contributed by atoms with Crippen LogP contribution in [0.25, 0.3) is 0 Å². The minimum absolute atomic E-state index is 0.00491. The van der Waals surface area contributed by atoms with Crippen molar-refractivity contribution in [2.45, 2.75) is 75.0 Å². The number of hydrogen-bond donors (Lipinski definition) is 4. The Morgan fingerprint density at radius 2 is 1.63 bits per heavy atom. The van der Waals surface area contributed by atoms with Crippen LogP contribution in [0.4, 0.5) is 11.4 Å². The lowest BCUT2D eigenvalue weighted by Gasteiger charge is -2.36. The number of nitrogen functional groups attached to an aromatic ring is 1. The van der Waals surface area contributed by atoms with Gasteiger partial charge in [-0.25, -0.2) is 0 Å². The molecule has 2 heterocycles. The molecule has 1 aromatic heterocycles. The minimum Gasteiger partial charge on any atom is -0.397 e. The number of nitrogens with one attached hydrogen (secondary N) is 2. The van der Waals surface area contributed by atoms with E-state index in [0.717, 1.165) is 37.4 Å². The molecule has 3 atom stereocenters. The molecule has 242 valence electrons. The van der Waals surface area contributed by atoms with Gasteiger partial charge in [0.05, 0.1) is 30.2 Å². The number of aliphatic hydroxyl groups is 1. The Morgan fingerprint density at radius 3 is 2.33 bits per heavy atom. The average molecular weight is 662 g/mol. The number of aliphatic hydroxyl groups excluding tert-OH is 1. The number of aromatic nitrogens is 2. The van der Waals surface area contributed by atoms with Crippen molar-refractivity contribution in [2.24, 2.45) is 0 Å². The quantitative estimate of drug-likeness (QED) is 0.0717. The van der Waals surface area contributed by atoms with E-state index in [1.165, 1.54) is 0 Å². The number of ether oxygens (including phenoxy) is 2. The Hall–Kier alpha value is -3.81. The number of anilines is 2. The molecule has 0 saturated carbocycles. The molecule has 3 unspecified atom stereocenters. The van der Waals surface area contributed by atoms with Crippen LogP contribution in [-0.2, 0) is 32.2 Å². The van der Waals surface area contributed by atoms with Gasteiger partial charge in [-0.2, -0.15) is 0 Å². The number of amides is 2. The van der Waals surface area contributed by atoms with Crippen molar-refractivity contribution in [3.63, 3.8) is 0 Å². The summed E-state index contributed by atoms with van der Waals surface area (Å²) in [5.74, 6) is 0.542. The Morgan fingerprint density at radius 1 is 0.935 bits per heavy atom. The maximum absolute atomic E-state index is 12.4. The molecule has 2 amide bonds. The van der Waals surface area contributed by atoms with E-state index in [0.29, 0.717) is 50.0 Å². The van der Waals surface area contributed by atoms with Crippen molar-refractivity contribution >= 4 is 46.3 Å². The standard InChI is InChI=1S/C34H39N5O5S2/c1-22-38-39-34(46-22)45-21-27-18-30(25-14-12-24(20-40)13-15-25)44-33(43-27)26-16-10-23(11-17-26)19-36-31(41)8-4-5-9-32(42)37-29-7-3-2-6-28(29)35/h2-3,6-7,10-17,27,30,33,40H,4-5,8-9,18-21,35H2,1H3,(H,36,41)(H,37,42). The van der Waals surface area contributed by atoms with Crippen LogP contribution < -0.4 is 16.4 Å². The molecule has 12 heteroatoms. The summed E-state index contributed by atoms with van der Waals surface area (Å²) in [5.41, 5.74) is 10.7. The summed E-state index contributed by atoms with van der Waals surface area (Å²) in [6.07, 6.45) is 1.78. The van der Waals surface area contributed by atoms with Gasteiger partial charge in [0.2, 0.25) is 11.8 Å². The van der Waals surface area contributed by atoms with Gasteiger partial charge in [-0.3, -0.25) is 9.59 Å². The molecule has 5 N–H and O–H groups in total. The third kappa shape index (κ3) is 9.84. The van der Waals surface area contributed by atoms with Crippen molar-refractivity contribution in [1.29, 1.82) is 0 Å². The lowest BCUT2D eigenvalue weighted by molar-refractivity contribution is -0.245. The van der Waals surface area contributed by atoms with Crippen LogP contribution in [0.1, 0.15) is 71.8 Å². The third-order valence-corrected chi connectivity index (χ3v) is 9.65. The van der Waals surface area contributed by atoms with E-state index < -0.39 is 6.29 Å². The Bertz CT molecular complexity index is 1580. The summed E-state index contributed by atoms with van der Waals surface area (Å²) in [6.45, 7) is 2.34. The number of carbonyl (C=O) groups is 2. The van der Waals surface area contributed by atoms with Crippen LogP contribution in [-0.4, -0.2) is 39.0 Å². The smallest absolute Gasteiger partial charge is 0.224 e. The molecule has 0 radical (unpaired) electrons. The van der Waals surface area contributed by atoms with Crippen molar-refractivity contribution in [1.82, 2.24) is 15.5 Å². The predicted molar refractivity (Wildman–Crippen MR) is 180 cm³/mol. The summed E-state index contributed by atoms with van der Waals surface area (Å²) in [7, 11) is 0. The highest BCUT2D eigenvalue weighted by molar-refractivity contribution is 8.01. The molecule has 46 heavy (non-hydrogen) atoms. The van der Waals surface area contributed by atoms with Gasteiger partial charge in [0, 0.05) is 37.1 Å². The fourth-order valence-electron chi connectivity index (χ4n) is 5.00. The fourth-order valence-corrected chi connectivity index (χ4v) is 6.86. The number of hydrogen-bond acceptors (Lipinski definition) is 10. The van der Waals surface area contributed by atoms with Crippen LogP contribution >= 0.6 is 23.1 Å². The van der Waals surface area contributed by atoms with Crippen molar-refractivity contribution < 1.29 is 24.2 Å². The molecule has 3 aromatic carbocycles. The zero-order valence-electron chi connectivity index (χ0n) is 25.7. The highest BCUT2D eigenvalue weighted by Gasteiger charge is 2.32. The Labute approximate surface area is 277 Å². The van der Waals surface area contributed by atoms with Gasteiger partial charge in [-0.05, 0) is 48.6 Å². The molecule has 5 rings (SSSR count). The second kappa shape index (κ2) is 16.7. The van der Waals surface area contributed by atoms with E-state index in [-0.39, 0.29) is 30.6 Å². The first-order valence-electron chi connectivity index (χ1n) is 15.3. The van der Waals surface area contributed by atoms with Crippen LogP contribution in [0.3, 0.4) is 0 Å². The molecule has 10 nitrogen and oxygen atoms in total. The molecular weight excluding hydrogens is 623 g/mol. The molecule has 4 aromatic rings. The second-order valence-corrected chi connectivity index (χ2v) is 13.6. The van der Waals surface area contributed by atoms with E-state index in [4.69, 9.17) is 15.2 Å². The fraction of sp³-hybridized carbons (Fsp3) is 0.353. The topological polar surface area (TPSA) is 149 Å². The first-order chi connectivity index (χ1) is 22.4. The van der Waals surface area contributed by atoms with Gasteiger partial charge < -0.3 is 30.9 Å². The summed E-state index contributed by atoms with van der Waals surface area (Å²) in [4.78, 5) is 24.6. The molecular formula is C34H39N5O5S2. The Kier molecular flexibility index (Phi) is 12.2. The highest BCUT2D eigenvalue weighted by atomic mass is 32.2. The molecule has 1 saturated heterocycles. The number of nitrogens with zero attached hydrogens (tertiary/aromatic N) is 2. The number of benzene rings is 3. The van der Waals surface area contributed by atoms with Gasteiger partial charge in [0.1, 0.15) is 5.01 Å². The zero-order valence-corrected chi connectivity index (χ0v) is 27.3. The number of aryl methyl sites for hydroxylation is 1. The van der Waals surface area contributed by atoms with Crippen LogP contribution in [0, 0.1) is 6.92 Å². The maximum atomic E-state index is 12.4. The first-order valence-corrected chi connectivity index (χ1v) is 17.1. The first kappa shape index (κ1) is 33.6. The van der Waals surface area contributed by atoms with Gasteiger partial charge in [0.25, 0.3) is 0 Å². The van der Waals surface area contributed by atoms with Crippen molar-refractivity contribution in [2.75, 3.05) is 16.8 Å². The van der Waals surface area contributed by atoms with Crippen molar-refractivity contribution in [3.8, 4) is 0 Å². The zero-order chi connectivity index (χ0) is 32.3. The molecule has 0 spiro atoms. The molecule has 1 aliphatic heterocycles. The second-order valence-electron chi connectivity index (χ2n) is 11.1. The number of carbonyl (C=O) groups excluding carboxylic acids is 2. The van der Waals surface area contributed by atoms with E-state index in [2.05, 4.69) is 20.8 Å². The Balaban J connectivity index is 1.10. The van der Waals surface area contributed by atoms with Crippen LogP contribution in [0.5, 0.6) is 0 Å². The molecule has 1 aliphatic rings. The molecule has 1 fully saturated rings. The predicted octanol–water partition coefficient (Wildman–Crippen LogP) is 6.07.